The van der Waals surface area contributed by atoms with Crippen LogP contribution in [-0.4, -0.2) is 34.6 Å². The van der Waals surface area contributed by atoms with Crippen LogP contribution in [-0.2, 0) is 14.8 Å². The van der Waals surface area contributed by atoms with Gasteiger partial charge in [-0.1, -0.05) is 17.7 Å². The molecule has 1 atom stereocenters. The van der Waals surface area contributed by atoms with E-state index < -0.39 is 22.0 Å². The van der Waals surface area contributed by atoms with Crippen molar-refractivity contribution >= 4 is 33.2 Å². The molecule has 140 valence electrons. The predicted octanol–water partition coefficient (Wildman–Crippen LogP) is 2.66. The molecule has 2 N–H and O–H groups in total. The zero-order chi connectivity index (χ0) is 19.3. The maximum Gasteiger partial charge on any atom is 0.242 e. The molecule has 9 heteroatoms. The van der Waals surface area contributed by atoms with Gasteiger partial charge in [0.1, 0.15) is 11.5 Å². The summed E-state index contributed by atoms with van der Waals surface area (Å²) in [6, 6.07) is 9.78. The minimum absolute atomic E-state index is 0.0654. The maximum atomic E-state index is 12.4. The Morgan fingerprint density at radius 1 is 1.12 bits per heavy atom. The van der Waals surface area contributed by atoms with Crippen molar-refractivity contribution < 1.29 is 22.7 Å². The first-order valence-corrected chi connectivity index (χ1v) is 9.43. The Labute approximate surface area is 157 Å². The minimum atomic E-state index is -3.93. The summed E-state index contributed by atoms with van der Waals surface area (Å²) in [6.07, 6.45) is 0. The van der Waals surface area contributed by atoms with Gasteiger partial charge in [-0.2, -0.15) is 4.72 Å². The molecular weight excluding hydrogens is 380 g/mol. The van der Waals surface area contributed by atoms with Crippen LogP contribution < -0.4 is 19.5 Å². The van der Waals surface area contributed by atoms with Gasteiger partial charge in [0.15, 0.2) is 0 Å². The van der Waals surface area contributed by atoms with E-state index in [-0.39, 0.29) is 9.92 Å². The molecule has 2 rings (SSSR count). The van der Waals surface area contributed by atoms with E-state index >= 15 is 0 Å². The van der Waals surface area contributed by atoms with E-state index in [0.717, 1.165) is 0 Å². The molecule has 0 spiro atoms. The molecule has 0 aliphatic carbocycles. The van der Waals surface area contributed by atoms with Crippen molar-refractivity contribution in [3.63, 3.8) is 0 Å². The van der Waals surface area contributed by atoms with Crippen molar-refractivity contribution in [1.29, 1.82) is 0 Å². The van der Waals surface area contributed by atoms with E-state index in [9.17, 15) is 13.2 Å². The minimum Gasteiger partial charge on any atom is -0.497 e. The second-order valence-corrected chi connectivity index (χ2v) is 7.48. The van der Waals surface area contributed by atoms with Gasteiger partial charge in [0.25, 0.3) is 0 Å². The Kier molecular flexibility index (Phi) is 6.47. The molecule has 0 fully saturated rings. The van der Waals surface area contributed by atoms with Crippen LogP contribution in [0.15, 0.2) is 47.4 Å². The molecular formula is C17H19ClN2O5S. The van der Waals surface area contributed by atoms with Gasteiger partial charge in [-0.3, -0.25) is 4.79 Å². The number of sulfonamides is 1. The third-order valence-corrected chi connectivity index (χ3v) is 5.33. The number of benzene rings is 2. The molecule has 0 aliphatic rings. The van der Waals surface area contributed by atoms with Crippen LogP contribution >= 0.6 is 11.6 Å². The van der Waals surface area contributed by atoms with Crippen LogP contribution in [0.25, 0.3) is 0 Å². The quantitative estimate of drug-likeness (QED) is 0.747. The van der Waals surface area contributed by atoms with Gasteiger partial charge in [-0.15, -0.1) is 0 Å². The summed E-state index contributed by atoms with van der Waals surface area (Å²) < 4.78 is 37.3. The molecule has 0 aliphatic heterocycles. The SMILES string of the molecule is COc1cccc(NC(=O)[C@H](C)NS(=O)(=O)c2ccc(OC)c(Cl)c2)c1. The second kappa shape index (κ2) is 8.39. The van der Waals surface area contributed by atoms with Gasteiger partial charge in [-0.05, 0) is 37.3 Å². The van der Waals surface area contributed by atoms with Gasteiger partial charge in [0.2, 0.25) is 15.9 Å². The molecule has 0 saturated heterocycles. The number of hydrogen-bond donors (Lipinski definition) is 2. The van der Waals surface area contributed by atoms with E-state index in [1.54, 1.807) is 24.3 Å². The van der Waals surface area contributed by atoms with Crippen LogP contribution in [0.3, 0.4) is 0 Å². The average molecular weight is 399 g/mol. The number of rotatable bonds is 7. The fraction of sp³-hybridized carbons (Fsp3) is 0.235. The van der Waals surface area contributed by atoms with E-state index in [1.807, 2.05) is 0 Å². The summed E-state index contributed by atoms with van der Waals surface area (Å²) in [6.45, 7) is 1.44. The lowest BCUT2D eigenvalue weighted by Gasteiger charge is -2.15. The molecule has 0 saturated carbocycles. The number of hydrogen-bond acceptors (Lipinski definition) is 5. The summed E-state index contributed by atoms with van der Waals surface area (Å²) in [5, 5.41) is 2.78. The van der Waals surface area contributed by atoms with Gasteiger partial charge in [0, 0.05) is 11.8 Å². The lowest BCUT2D eigenvalue weighted by molar-refractivity contribution is -0.117. The summed E-state index contributed by atoms with van der Waals surface area (Å²) in [4.78, 5) is 12.2. The summed E-state index contributed by atoms with van der Waals surface area (Å²) >= 11 is 5.96. The van der Waals surface area contributed by atoms with Gasteiger partial charge >= 0.3 is 0 Å². The van der Waals surface area contributed by atoms with E-state index in [4.69, 9.17) is 21.1 Å². The van der Waals surface area contributed by atoms with Gasteiger partial charge in [-0.25, -0.2) is 8.42 Å². The number of amides is 1. The van der Waals surface area contributed by atoms with E-state index in [1.165, 1.54) is 39.3 Å². The van der Waals surface area contributed by atoms with Crippen LogP contribution in [0.5, 0.6) is 11.5 Å². The molecule has 1 amide bonds. The van der Waals surface area contributed by atoms with Crippen LogP contribution in [0.1, 0.15) is 6.92 Å². The zero-order valence-corrected chi connectivity index (χ0v) is 16.0. The topological polar surface area (TPSA) is 93.7 Å². The Hall–Kier alpha value is -2.29. The highest BCUT2D eigenvalue weighted by Gasteiger charge is 2.23. The average Bonchev–Trinajstić information content (AvgIpc) is 2.61. The van der Waals surface area contributed by atoms with Crippen LogP contribution in [0.4, 0.5) is 5.69 Å². The summed E-state index contributed by atoms with van der Waals surface area (Å²) in [5.74, 6) is 0.416. The number of halogens is 1. The number of ether oxygens (including phenoxy) is 2. The normalized spacial score (nSPS) is 12.3. The number of methoxy groups -OCH3 is 2. The first-order valence-electron chi connectivity index (χ1n) is 7.57. The first-order chi connectivity index (χ1) is 12.3. The lowest BCUT2D eigenvalue weighted by atomic mass is 10.2. The lowest BCUT2D eigenvalue weighted by Crippen LogP contribution is -2.41. The Morgan fingerprint density at radius 3 is 2.46 bits per heavy atom. The molecule has 0 bridgehead atoms. The largest absolute Gasteiger partial charge is 0.497 e. The molecule has 26 heavy (non-hydrogen) atoms. The third kappa shape index (κ3) is 4.87. The third-order valence-electron chi connectivity index (χ3n) is 3.50. The zero-order valence-electron chi connectivity index (χ0n) is 14.4. The van der Waals surface area contributed by atoms with Crippen molar-refractivity contribution in [1.82, 2.24) is 4.72 Å². The van der Waals surface area contributed by atoms with Crippen molar-refractivity contribution in [2.75, 3.05) is 19.5 Å². The van der Waals surface area contributed by atoms with Crippen molar-refractivity contribution in [2.24, 2.45) is 0 Å². The van der Waals surface area contributed by atoms with Gasteiger partial charge < -0.3 is 14.8 Å². The summed E-state index contributed by atoms with van der Waals surface area (Å²) in [7, 11) is -0.992. The summed E-state index contributed by atoms with van der Waals surface area (Å²) in [5.41, 5.74) is 0.493. The van der Waals surface area contributed by atoms with Crippen molar-refractivity contribution in [3.05, 3.63) is 47.5 Å². The molecule has 0 aromatic heterocycles. The van der Waals surface area contributed by atoms with Crippen molar-refractivity contribution in [2.45, 2.75) is 17.9 Å². The Balaban J connectivity index is 2.10. The van der Waals surface area contributed by atoms with Crippen molar-refractivity contribution in [3.8, 4) is 11.5 Å². The molecule has 2 aromatic carbocycles. The molecule has 0 unspecified atom stereocenters. The Bertz CT molecular complexity index is 902. The molecule has 0 heterocycles. The smallest absolute Gasteiger partial charge is 0.242 e. The highest BCUT2D eigenvalue weighted by atomic mass is 35.5. The predicted molar refractivity (Wildman–Crippen MR) is 99.4 cm³/mol. The van der Waals surface area contributed by atoms with Gasteiger partial charge in [0.05, 0.1) is 30.2 Å². The van der Waals surface area contributed by atoms with E-state index in [0.29, 0.717) is 17.2 Å². The fourth-order valence-electron chi connectivity index (χ4n) is 2.12. The Morgan fingerprint density at radius 2 is 1.85 bits per heavy atom. The van der Waals surface area contributed by atoms with Crippen LogP contribution in [0.2, 0.25) is 5.02 Å². The molecule has 0 radical (unpaired) electrons. The number of anilines is 1. The second-order valence-electron chi connectivity index (χ2n) is 5.36. The fourth-order valence-corrected chi connectivity index (χ4v) is 3.67. The highest BCUT2D eigenvalue weighted by molar-refractivity contribution is 7.89. The van der Waals surface area contributed by atoms with E-state index in [2.05, 4.69) is 10.0 Å². The van der Waals surface area contributed by atoms with Crippen LogP contribution in [0, 0.1) is 0 Å². The molecule has 7 nitrogen and oxygen atoms in total. The number of carbonyl (C=O) groups is 1. The monoisotopic (exact) mass is 398 g/mol. The molecule has 2 aromatic rings. The maximum absolute atomic E-state index is 12.4. The number of nitrogens with one attached hydrogen (secondary N) is 2. The highest BCUT2D eigenvalue weighted by Crippen LogP contribution is 2.27. The first kappa shape index (κ1) is 20.0. The standard InChI is InChI=1S/C17H19ClN2O5S/c1-11(17(21)19-12-5-4-6-13(9-12)24-2)20-26(22,23)14-7-8-16(25-3)15(18)10-14/h4-11,20H,1-3H3,(H,19,21)/t11-/m0/s1. The number of carbonyl (C=O) groups excluding carboxylic acids is 1.